The zero-order valence-corrected chi connectivity index (χ0v) is 37.3. The molecule has 0 atom stereocenters. The Hall–Kier alpha value is -8.78. The summed E-state index contributed by atoms with van der Waals surface area (Å²) in [5.74, 6) is 0. The molecule has 0 amide bonds. The lowest BCUT2D eigenvalue weighted by atomic mass is 9.70. The Morgan fingerprint density at radius 2 is 0.574 bits per heavy atom. The van der Waals surface area contributed by atoms with Crippen molar-refractivity contribution < 1.29 is 0 Å². The molecule has 0 bridgehead atoms. The van der Waals surface area contributed by atoms with Gasteiger partial charge in [-0.1, -0.05) is 224 Å². The van der Waals surface area contributed by atoms with E-state index in [1.54, 1.807) is 0 Å². The molecule has 0 aromatic heterocycles. The average molecular weight is 862 g/mol. The number of hydrogen-bond acceptors (Lipinski definition) is 1. The molecule has 3 aliphatic carbocycles. The minimum Gasteiger partial charge on any atom is -0.310 e. The van der Waals surface area contributed by atoms with Crippen LogP contribution in [0.15, 0.2) is 261 Å². The van der Waals surface area contributed by atoms with Crippen molar-refractivity contribution in [1.29, 1.82) is 0 Å². The molecule has 68 heavy (non-hydrogen) atoms. The van der Waals surface area contributed by atoms with Gasteiger partial charge in [0.1, 0.15) is 0 Å². The summed E-state index contributed by atoms with van der Waals surface area (Å²) in [6, 6.07) is 97.2. The molecule has 0 heterocycles. The summed E-state index contributed by atoms with van der Waals surface area (Å²) in [5, 5.41) is 0. The van der Waals surface area contributed by atoms with Crippen LogP contribution in [0.3, 0.4) is 0 Å². The van der Waals surface area contributed by atoms with Crippen molar-refractivity contribution in [2.45, 2.75) is 5.41 Å². The minimum absolute atomic E-state index is 0.484. The second-order valence-electron chi connectivity index (χ2n) is 18.3. The van der Waals surface area contributed by atoms with E-state index in [2.05, 4.69) is 266 Å². The predicted molar refractivity (Wildman–Crippen MR) is 284 cm³/mol. The molecule has 0 saturated heterocycles. The Labute approximate surface area is 397 Å². The van der Waals surface area contributed by atoms with Gasteiger partial charge in [-0.15, -0.1) is 0 Å². The maximum absolute atomic E-state index is 2.53. The van der Waals surface area contributed by atoms with Crippen LogP contribution in [0.1, 0.15) is 22.3 Å². The van der Waals surface area contributed by atoms with Crippen LogP contribution >= 0.6 is 0 Å². The van der Waals surface area contributed by atoms with Gasteiger partial charge in [0.15, 0.2) is 0 Å². The third-order valence-electron chi connectivity index (χ3n) is 14.9. The van der Waals surface area contributed by atoms with E-state index in [-0.39, 0.29) is 0 Å². The summed E-state index contributed by atoms with van der Waals surface area (Å²) < 4.78 is 0. The van der Waals surface area contributed by atoms with Gasteiger partial charge in [0.2, 0.25) is 0 Å². The van der Waals surface area contributed by atoms with Crippen LogP contribution in [-0.4, -0.2) is 0 Å². The minimum atomic E-state index is -0.484. The summed E-state index contributed by atoms with van der Waals surface area (Å²) in [6.45, 7) is 0. The van der Waals surface area contributed by atoms with E-state index in [0.717, 1.165) is 28.2 Å². The van der Waals surface area contributed by atoms with Gasteiger partial charge in [-0.05, 0) is 142 Å². The van der Waals surface area contributed by atoms with Crippen LogP contribution in [0, 0.1) is 0 Å². The molecular formula is C67H43N. The Kier molecular flexibility index (Phi) is 8.57. The third-order valence-corrected chi connectivity index (χ3v) is 14.9. The number of nitrogens with zero attached hydrogens (tertiary/aromatic N) is 1. The quantitative estimate of drug-likeness (QED) is 0.167. The van der Waals surface area contributed by atoms with E-state index in [1.165, 1.54) is 100 Å². The lowest BCUT2D eigenvalue weighted by Crippen LogP contribution is -2.26. The number of hydrogen-bond donors (Lipinski definition) is 0. The van der Waals surface area contributed by atoms with E-state index in [4.69, 9.17) is 0 Å². The third kappa shape index (κ3) is 5.57. The van der Waals surface area contributed by atoms with Gasteiger partial charge in [-0.25, -0.2) is 0 Å². The molecule has 316 valence electrons. The lowest BCUT2D eigenvalue weighted by Gasteiger charge is -2.33. The second-order valence-corrected chi connectivity index (χ2v) is 18.3. The number of rotatable bonds is 5. The molecule has 11 aromatic carbocycles. The smallest absolute Gasteiger partial charge is 0.0726 e. The molecule has 1 spiro atoms. The van der Waals surface area contributed by atoms with Crippen LogP contribution < -0.4 is 4.90 Å². The Morgan fingerprint density at radius 1 is 0.206 bits per heavy atom. The Bertz CT molecular complexity index is 3730. The van der Waals surface area contributed by atoms with Crippen molar-refractivity contribution in [1.82, 2.24) is 0 Å². The van der Waals surface area contributed by atoms with Crippen LogP contribution in [0.25, 0.3) is 89.0 Å². The highest BCUT2D eigenvalue weighted by Crippen LogP contribution is 2.63. The number of fused-ring (bicyclic) bond motifs is 18. The maximum atomic E-state index is 2.53. The van der Waals surface area contributed by atoms with E-state index < -0.39 is 5.41 Å². The highest BCUT2D eigenvalue weighted by atomic mass is 15.1. The fraction of sp³-hybridized carbons (Fsp3) is 0.0149. The molecule has 0 radical (unpaired) electrons. The molecule has 11 aromatic rings. The first-order valence-corrected chi connectivity index (χ1v) is 23.7. The van der Waals surface area contributed by atoms with E-state index >= 15 is 0 Å². The zero-order valence-electron chi connectivity index (χ0n) is 37.3. The van der Waals surface area contributed by atoms with Crippen molar-refractivity contribution in [3.8, 4) is 89.0 Å². The topological polar surface area (TPSA) is 3.24 Å². The number of anilines is 3. The predicted octanol–water partition coefficient (Wildman–Crippen LogP) is 17.8. The van der Waals surface area contributed by atoms with Crippen molar-refractivity contribution in [3.63, 3.8) is 0 Å². The first kappa shape index (κ1) is 38.5. The largest absolute Gasteiger partial charge is 0.310 e. The van der Waals surface area contributed by atoms with Gasteiger partial charge in [0, 0.05) is 16.9 Å². The van der Waals surface area contributed by atoms with Crippen molar-refractivity contribution in [3.05, 3.63) is 283 Å². The molecule has 0 fully saturated rings. The standard InChI is InChI=1S/C67H43N/c1-3-19-44(20-4-1)46-35-40-66(60(41-46)45-21-5-2-6-22-45)68(47-36-38-55-53-27-10-9-25-51(53)49-23-7-8-24-50(49)52-26-11-12-28-54(52)61(55)42-47)48-37-39-59-58-31-15-18-34-64(58)67(65(59)43-48)62-32-16-13-29-56(62)57-30-14-17-33-63(57)67/h1-43H. The molecular weight excluding hydrogens is 819 g/mol. The van der Waals surface area contributed by atoms with E-state index in [0.29, 0.717) is 0 Å². The van der Waals surface area contributed by atoms with Crippen molar-refractivity contribution in [2.24, 2.45) is 0 Å². The number of benzene rings is 11. The first-order chi connectivity index (χ1) is 33.8. The van der Waals surface area contributed by atoms with Gasteiger partial charge in [-0.3, -0.25) is 0 Å². The lowest BCUT2D eigenvalue weighted by molar-refractivity contribution is 0.793. The Balaban J connectivity index is 1.07. The van der Waals surface area contributed by atoms with Crippen LogP contribution in [0.4, 0.5) is 17.1 Å². The highest BCUT2D eigenvalue weighted by Gasteiger charge is 2.51. The first-order valence-electron chi connectivity index (χ1n) is 23.7. The van der Waals surface area contributed by atoms with E-state index in [9.17, 15) is 0 Å². The molecule has 3 aliphatic rings. The Morgan fingerprint density at radius 3 is 1.07 bits per heavy atom. The van der Waals surface area contributed by atoms with Crippen LogP contribution in [-0.2, 0) is 5.41 Å². The maximum Gasteiger partial charge on any atom is 0.0726 e. The molecule has 1 nitrogen and oxygen atoms in total. The molecule has 0 N–H and O–H groups in total. The van der Waals surface area contributed by atoms with Gasteiger partial charge in [0.25, 0.3) is 0 Å². The van der Waals surface area contributed by atoms with Crippen LogP contribution in [0.5, 0.6) is 0 Å². The summed E-state index contributed by atoms with van der Waals surface area (Å²) >= 11 is 0. The van der Waals surface area contributed by atoms with Crippen molar-refractivity contribution in [2.75, 3.05) is 4.90 Å². The van der Waals surface area contributed by atoms with Gasteiger partial charge in [-0.2, -0.15) is 0 Å². The SMILES string of the molecule is c1ccc(-c2ccc(N(c3ccc4c(c3)-c3ccccc3-c3ccccc3-c3ccccc3-4)c3ccc4c(c3)C3(c5ccccc5-c5ccccc53)c3ccccc3-4)c(-c3ccccc3)c2)cc1. The summed E-state index contributed by atoms with van der Waals surface area (Å²) in [4.78, 5) is 2.53. The van der Waals surface area contributed by atoms with Crippen molar-refractivity contribution >= 4 is 17.1 Å². The second kappa shape index (κ2) is 15.1. The molecule has 0 saturated carbocycles. The van der Waals surface area contributed by atoms with Gasteiger partial charge in [0.05, 0.1) is 11.1 Å². The highest BCUT2D eigenvalue weighted by molar-refractivity contribution is 6.05. The fourth-order valence-corrected chi connectivity index (χ4v) is 12.0. The summed E-state index contributed by atoms with van der Waals surface area (Å²) in [7, 11) is 0. The molecule has 0 aliphatic heterocycles. The monoisotopic (exact) mass is 861 g/mol. The van der Waals surface area contributed by atoms with Gasteiger partial charge < -0.3 is 4.90 Å². The van der Waals surface area contributed by atoms with E-state index in [1.807, 2.05) is 0 Å². The summed E-state index contributed by atoms with van der Waals surface area (Å²) in [5.41, 5.74) is 27.9. The fourth-order valence-electron chi connectivity index (χ4n) is 12.0. The summed E-state index contributed by atoms with van der Waals surface area (Å²) in [6.07, 6.45) is 0. The zero-order chi connectivity index (χ0) is 44.8. The van der Waals surface area contributed by atoms with Crippen LogP contribution in [0.2, 0.25) is 0 Å². The average Bonchev–Trinajstić information content (AvgIpc) is 3.88. The van der Waals surface area contributed by atoms with Gasteiger partial charge >= 0.3 is 0 Å². The normalized spacial score (nSPS) is 12.8. The molecule has 0 unspecified atom stereocenters. The molecule has 1 heteroatoms. The molecule has 14 rings (SSSR count).